The fourth-order valence-electron chi connectivity index (χ4n) is 1.64. The first kappa shape index (κ1) is 15.6. The Morgan fingerprint density at radius 1 is 1.00 bits per heavy atom. The molecular weight excluding hydrogens is 271 g/mol. The van der Waals surface area contributed by atoms with E-state index in [0.717, 1.165) is 4.90 Å². The molecule has 19 heavy (non-hydrogen) atoms. The molecule has 108 valence electrons. The molecule has 0 aliphatic carbocycles. The predicted octanol–water partition coefficient (Wildman–Crippen LogP) is 1.79. The third kappa shape index (κ3) is 3.13. The predicted molar refractivity (Wildman–Crippen MR) is 59.4 cm³/mol. The number of hydrogen-bond acceptors (Lipinski definition) is 3. The minimum atomic E-state index is -2.19. The quantitative estimate of drug-likeness (QED) is 0.509. The smallest absolute Gasteiger partial charge is 0.200 e. The Morgan fingerprint density at radius 2 is 1.42 bits per heavy atom. The van der Waals surface area contributed by atoms with Gasteiger partial charge in [-0.15, -0.1) is 0 Å². The minimum absolute atomic E-state index is 0.0831. The van der Waals surface area contributed by atoms with Gasteiger partial charge in [-0.1, -0.05) is 0 Å². The van der Waals surface area contributed by atoms with Crippen LogP contribution >= 0.6 is 0 Å². The maximum Gasteiger partial charge on any atom is 0.200 e. The molecular formula is C11H13F5N2O. The highest BCUT2D eigenvalue weighted by Crippen LogP contribution is 2.29. The maximum absolute atomic E-state index is 13.5. The summed E-state index contributed by atoms with van der Waals surface area (Å²) in [6.07, 6.45) is 0. The summed E-state index contributed by atoms with van der Waals surface area (Å²) in [5.41, 5.74) is 4.54. The van der Waals surface area contributed by atoms with Gasteiger partial charge in [0.15, 0.2) is 23.3 Å². The largest absolute Gasteiger partial charge is 0.383 e. The average Bonchev–Trinajstić information content (AvgIpc) is 2.34. The summed E-state index contributed by atoms with van der Waals surface area (Å²) in [6, 6.07) is -0.634. The number of ether oxygens (including phenoxy) is 1. The zero-order valence-electron chi connectivity index (χ0n) is 10.3. The first-order valence-electron chi connectivity index (χ1n) is 5.28. The van der Waals surface area contributed by atoms with Gasteiger partial charge >= 0.3 is 0 Å². The lowest BCUT2D eigenvalue weighted by Gasteiger charge is -2.24. The summed E-state index contributed by atoms with van der Waals surface area (Å²) in [6.45, 7) is -0.0497. The molecule has 0 bridgehead atoms. The van der Waals surface area contributed by atoms with Crippen molar-refractivity contribution < 1.29 is 26.7 Å². The maximum atomic E-state index is 13.5. The number of nitrogens with zero attached hydrogens (tertiary/aromatic N) is 1. The Bertz CT molecular complexity index is 440. The molecule has 0 spiro atoms. The average molecular weight is 284 g/mol. The highest BCUT2D eigenvalue weighted by atomic mass is 19.2. The summed E-state index contributed by atoms with van der Waals surface area (Å²) in [5, 5.41) is 0. The summed E-state index contributed by atoms with van der Waals surface area (Å²) >= 11 is 0. The number of likely N-dealkylation sites (N-methyl/N-ethyl adjacent to an activating group) is 1. The van der Waals surface area contributed by atoms with E-state index in [9.17, 15) is 22.0 Å². The molecule has 0 radical (unpaired) electrons. The second kappa shape index (κ2) is 6.16. The molecule has 0 aromatic heterocycles. The van der Waals surface area contributed by atoms with Crippen LogP contribution in [0, 0.1) is 29.1 Å². The van der Waals surface area contributed by atoms with Gasteiger partial charge in [0.25, 0.3) is 0 Å². The molecule has 3 nitrogen and oxygen atoms in total. The Morgan fingerprint density at radius 3 is 1.84 bits per heavy atom. The van der Waals surface area contributed by atoms with Gasteiger partial charge in [0.2, 0.25) is 5.82 Å². The van der Waals surface area contributed by atoms with E-state index in [1.54, 1.807) is 0 Å². The summed E-state index contributed by atoms with van der Waals surface area (Å²) in [5.74, 6) is -9.93. The van der Waals surface area contributed by atoms with Crippen molar-refractivity contribution in [2.45, 2.75) is 6.04 Å². The van der Waals surface area contributed by atoms with E-state index in [-0.39, 0.29) is 13.2 Å². The Kier molecular flexibility index (Phi) is 5.07. The van der Waals surface area contributed by atoms with Gasteiger partial charge in [-0.2, -0.15) is 0 Å². The van der Waals surface area contributed by atoms with Crippen LogP contribution in [0.1, 0.15) is 0 Å². The van der Waals surface area contributed by atoms with Crippen molar-refractivity contribution in [2.24, 2.45) is 5.73 Å². The third-order valence-corrected chi connectivity index (χ3v) is 2.46. The Balaban J connectivity index is 3.13. The van der Waals surface area contributed by atoms with E-state index in [0.29, 0.717) is 0 Å². The standard InChI is InChI=1S/C11H13F5N2O/c1-18(3-5(17)4-19-2)11-9(15)7(13)6(12)8(14)10(11)16/h5H,3-4,17H2,1-2H3. The molecule has 1 unspecified atom stereocenters. The van der Waals surface area contributed by atoms with Crippen LogP contribution in [0.15, 0.2) is 0 Å². The lowest BCUT2D eigenvalue weighted by molar-refractivity contribution is 0.181. The van der Waals surface area contributed by atoms with Gasteiger partial charge in [-0.05, 0) is 0 Å². The molecule has 0 heterocycles. The summed E-state index contributed by atoms with van der Waals surface area (Å²) < 4.78 is 70.5. The van der Waals surface area contributed by atoms with Crippen LogP contribution < -0.4 is 10.6 Å². The molecule has 1 rings (SSSR count). The lowest BCUT2D eigenvalue weighted by atomic mass is 10.2. The summed E-state index contributed by atoms with van der Waals surface area (Å²) in [7, 11) is 2.55. The van der Waals surface area contributed by atoms with Crippen LogP contribution in [0.3, 0.4) is 0 Å². The normalized spacial score (nSPS) is 12.6. The van der Waals surface area contributed by atoms with Crippen molar-refractivity contribution >= 4 is 5.69 Å². The zero-order valence-corrected chi connectivity index (χ0v) is 10.3. The second-order valence-electron chi connectivity index (χ2n) is 4.01. The van der Waals surface area contributed by atoms with Gasteiger partial charge in [0.05, 0.1) is 6.61 Å². The summed E-state index contributed by atoms with van der Waals surface area (Å²) in [4.78, 5) is 0.861. The van der Waals surface area contributed by atoms with Gasteiger partial charge in [0.1, 0.15) is 5.69 Å². The Labute approximate surface area is 106 Å². The van der Waals surface area contributed by atoms with E-state index < -0.39 is 40.8 Å². The van der Waals surface area contributed by atoms with Gasteiger partial charge < -0.3 is 15.4 Å². The molecule has 2 N–H and O–H groups in total. The van der Waals surface area contributed by atoms with E-state index in [1.807, 2.05) is 0 Å². The van der Waals surface area contributed by atoms with E-state index >= 15 is 0 Å². The first-order chi connectivity index (χ1) is 8.81. The number of methoxy groups -OCH3 is 1. The van der Waals surface area contributed by atoms with Crippen molar-refractivity contribution in [2.75, 3.05) is 32.2 Å². The van der Waals surface area contributed by atoms with Crippen LogP contribution in [-0.2, 0) is 4.74 Å². The van der Waals surface area contributed by atoms with Crippen molar-refractivity contribution in [1.29, 1.82) is 0 Å². The van der Waals surface area contributed by atoms with Crippen molar-refractivity contribution in [1.82, 2.24) is 0 Å². The monoisotopic (exact) mass is 284 g/mol. The van der Waals surface area contributed by atoms with Gasteiger partial charge in [-0.25, -0.2) is 22.0 Å². The second-order valence-corrected chi connectivity index (χ2v) is 4.01. The molecule has 8 heteroatoms. The minimum Gasteiger partial charge on any atom is -0.383 e. The van der Waals surface area contributed by atoms with E-state index in [2.05, 4.69) is 0 Å². The number of anilines is 1. The SMILES string of the molecule is COCC(N)CN(C)c1c(F)c(F)c(F)c(F)c1F. The van der Waals surface area contributed by atoms with Crippen LogP contribution in [0.5, 0.6) is 0 Å². The van der Waals surface area contributed by atoms with Crippen LogP contribution in [-0.4, -0.2) is 33.4 Å². The van der Waals surface area contributed by atoms with Gasteiger partial charge in [-0.3, -0.25) is 0 Å². The third-order valence-electron chi connectivity index (χ3n) is 2.46. The van der Waals surface area contributed by atoms with Crippen molar-refractivity contribution in [3.63, 3.8) is 0 Å². The van der Waals surface area contributed by atoms with E-state index in [4.69, 9.17) is 10.5 Å². The number of benzene rings is 1. The number of halogens is 5. The fraction of sp³-hybridized carbons (Fsp3) is 0.455. The highest BCUT2D eigenvalue weighted by molar-refractivity contribution is 5.50. The molecule has 0 saturated heterocycles. The van der Waals surface area contributed by atoms with Crippen LogP contribution in [0.4, 0.5) is 27.6 Å². The molecule has 0 amide bonds. The Hall–Kier alpha value is -1.41. The van der Waals surface area contributed by atoms with Crippen LogP contribution in [0.2, 0.25) is 0 Å². The number of hydrogen-bond donors (Lipinski definition) is 1. The topological polar surface area (TPSA) is 38.5 Å². The number of rotatable bonds is 5. The fourth-order valence-corrected chi connectivity index (χ4v) is 1.64. The molecule has 1 aromatic carbocycles. The molecule has 0 saturated carbocycles. The molecule has 0 aliphatic heterocycles. The van der Waals surface area contributed by atoms with Crippen molar-refractivity contribution in [3.05, 3.63) is 29.1 Å². The molecule has 0 aliphatic rings. The molecule has 1 aromatic rings. The van der Waals surface area contributed by atoms with Crippen LogP contribution in [0.25, 0.3) is 0 Å². The lowest BCUT2D eigenvalue weighted by Crippen LogP contribution is -2.39. The van der Waals surface area contributed by atoms with Gasteiger partial charge in [0, 0.05) is 26.7 Å². The van der Waals surface area contributed by atoms with E-state index in [1.165, 1.54) is 14.2 Å². The number of nitrogens with two attached hydrogens (primary N) is 1. The first-order valence-corrected chi connectivity index (χ1v) is 5.28. The molecule has 0 fully saturated rings. The molecule has 1 atom stereocenters. The highest BCUT2D eigenvalue weighted by Gasteiger charge is 2.28. The zero-order chi connectivity index (χ0) is 14.7. The van der Waals surface area contributed by atoms with Crippen molar-refractivity contribution in [3.8, 4) is 0 Å².